The molecule has 1 fully saturated rings. The van der Waals surface area contributed by atoms with Crippen LogP contribution in [-0.4, -0.2) is 95.4 Å². The number of rotatable bonds is 61. The van der Waals surface area contributed by atoms with E-state index in [4.69, 9.17) is 9.47 Å². The first-order valence-electron chi connectivity index (χ1n) is 34.1. The number of aliphatic hydroxyl groups is 4. The van der Waals surface area contributed by atoms with Gasteiger partial charge >= 0.3 is 10.4 Å². The summed E-state index contributed by atoms with van der Waals surface area (Å²) in [6.07, 6.45) is 60.9. The van der Waals surface area contributed by atoms with Gasteiger partial charge in [0.05, 0.1) is 25.4 Å². The lowest BCUT2D eigenvalue weighted by Crippen LogP contribution is -2.61. The molecule has 13 heteroatoms. The Morgan fingerprint density at radius 3 is 1.14 bits per heavy atom. The number of carbonyl (C=O) groups is 1. The molecule has 6 N–H and O–H groups in total. The minimum absolute atomic E-state index is 0.222. The number of nitrogens with one attached hydrogen (secondary N) is 1. The fourth-order valence-corrected chi connectivity index (χ4v) is 11.9. The molecular formula is C66H129NO11S. The van der Waals surface area contributed by atoms with E-state index >= 15 is 0 Å². The van der Waals surface area contributed by atoms with Crippen molar-refractivity contribution in [2.75, 3.05) is 13.2 Å². The largest absolute Gasteiger partial charge is 0.397 e. The molecule has 0 aliphatic carbocycles. The Morgan fingerprint density at radius 1 is 0.494 bits per heavy atom. The maximum atomic E-state index is 13.2. The number of unbranched alkanes of at least 4 members (excludes halogenated alkanes) is 47. The zero-order valence-electron chi connectivity index (χ0n) is 51.5. The zero-order valence-corrected chi connectivity index (χ0v) is 52.3. The van der Waals surface area contributed by atoms with Gasteiger partial charge in [0.1, 0.15) is 24.4 Å². The van der Waals surface area contributed by atoms with Crippen LogP contribution >= 0.6 is 0 Å². The van der Waals surface area contributed by atoms with Gasteiger partial charge in [0, 0.05) is 6.42 Å². The van der Waals surface area contributed by atoms with Gasteiger partial charge in [-0.15, -0.1) is 0 Å². The summed E-state index contributed by atoms with van der Waals surface area (Å²) in [6, 6.07) is -0.857. The average Bonchev–Trinajstić information content (AvgIpc) is 3.44. The van der Waals surface area contributed by atoms with Crippen LogP contribution < -0.4 is 5.32 Å². The number of ether oxygens (including phenoxy) is 2. The van der Waals surface area contributed by atoms with Crippen LogP contribution in [0.15, 0.2) is 12.2 Å². The van der Waals surface area contributed by atoms with E-state index in [2.05, 4.69) is 35.5 Å². The second kappa shape index (κ2) is 56.0. The standard InChI is InChI=1S/C66H129NO11S/c1-3-5-7-9-11-13-15-17-19-21-23-25-27-28-29-30-31-32-34-36-38-40-42-44-46-48-50-52-54-56-62(70)67-59(58-76-66-64(72)65(78-79(73,74)75)63(71)61(57-68)77-66)60(69)55-53-51-49-47-45-43-41-39-37-35-33-26-24-22-20-18-16-14-12-10-8-6-4-2/h28-29,59-61,63-66,68-69,71-72H,3-27,30-58H2,1-2H3,(H,67,70)(H,73,74,75)/b29-28-. The molecule has 1 aliphatic heterocycles. The van der Waals surface area contributed by atoms with E-state index in [1.54, 1.807) is 0 Å². The smallest absolute Gasteiger partial charge is 0.394 e. The van der Waals surface area contributed by atoms with E-state index in [-0.39, 0.29) is 12.5 Å². The van der Waals surface area contributed by atoms with Crippen molar-refractivity contribution in [3.8, 4) is 0 Å². The minimum atomic E-state index is -5.08. The summed E-state index contributed by atoms with van der Waals surface area (Å²) in [7, 11) is -5.08. The quantitative estimate of drug-likeness (QED) is 0.0193. The second-order valence-electron chi connectivity index (χ2n) is 24.1. The van der Waals surface area contributed by atoms with Crippen molar-refractivity contribution in [1.82, 2.24) is 5.32 Å². The fourth-order valence-electron chi connectivity index (χ4n) is 11.3. The van der Waals surface area contributed by atoms with Gasteiger partial charge in [-0.05, 0) is 38.5 Å². The number of aliphatic hydroxyl groups excluding tert-OH is 4. The van der Waals surface area contributed by atoms with Gasteiger partial charge in [-0.1, -0.05) is 315 Å². The van der Waals surface area contributed by atoms with Crippen LogP contribution in [0.4, 0.5) is 0 Å². The predicted molar refractivity (Wildman–Crippen MR) is 329 cm³/mol. The van der Waals surface area contributed by atoms with E-state index in [0.717, 1.165) is 51.4 Å². The van der Waals surface area contributed by atoms with Gasteiger partial charge in [0.25, 0.3) is 0 Å². The Morgan fingerprint density at radius 2 is 0.810 bits per heavy atom. The van der Waals surface area contributed by atoms with E-state index in [0.29, 0.717) is 12.8 Å². The number of hydrogen-bond donors (Lipinski definition) is 6. The lowest BCUT2D eigenvalue weighted by molar-refractivity contribution is -0.298. The molecule has 0 aromatic carbocycles. The molecule has 79 heavy (non-hydrogen) atoms. The number of amides is 1. The molecular weight excluding hydrogens is 1010 g/mol. The highest BCUT2D eigenvalue weighted by Crippen LogP contribution is 2.27. The molecule has 1 saturated heterocycles. The normalized spacial score (nSPS) is 18.7. The van der Waals surface area contributed by atoms with Gasteiger partial charge in [0.2, 0.25) is 5.91 Å². The molecule has 7 atom stereocenters. The third-order valence-electron chi connectivity index (χ3n) is 16.6. The zero-order chi connectivity index (χ0) is 57.5. The van der Waals surface area contributed by atoms with Gasteiger partial charge < -0.3 is 35.2 Å². The fraction of sp³-hybridized carbons (Fsp3) is 0.955. The molecule has 0 radical (unpaired) electrons. The highest BCUT2D eigenvalue weighted by Gasteiger charge is 2.48. The Hall–Kier alpha value is -1.16. The van der Waals surface area contributed by atoms with E-state index in [1.165, 1.54) is 270 Å². The highest BCUT2D eigenvalue weighted by atomic mass is 32.3. The maximum absolute atomic E-state index is 13.2. The first kappa shape index (κ1) is 75.9. The van der Waals surface area contributed by atoms with Crippen molar-refractivity contribution in [2.24, 2.45) is 0 Å². The monoisotopic (exact) mass is 1140 g/mol. The maximum Gasteiger partial charge on any atom is 0.397 e. The van der Waals surface area contributed by atoms with Gasteiger partial charge in [-0.2, -0.15) is 8.42 Å². The van der Waals surface area contributed by atoms with Crippen LogP contribution in [-0.2, 0) is 28.9 Å². The van der Waals surface area contributed by atoms with Crippen LogP contribution in [0, 0.1) is 0 Å². The molecule has 470 valence electrons. The van der Waals surface area contributed by atoms with Crippen LogP contribution in [0.25, 0.3) is 0 Å². The predicted octanol–water partition coefficient (Wildman–Crippen LogP) is 17.4. The Labute approximate surface area is 487 Å². The van der Waals surface area contributed by atoms with Gasteiger partial charge in [0.15, 0.2) is 6.29 Å². The molecule has 1 heterocycles. The van der Waals surface area contributed by atoms with Gasteiger partial charge in [-0.25, -0.2) is 4.18 Å². The summed E-state index contributed by atoms with van der Waals surface area (Å²) in [5, 5.41) is 45.3. The first-order valence-corrected chi connectivity index (χ1v) is 35.4. The number of allylic oxidation sites excluding steroid dienone is 2. The summed E-state index contributed by atoms with van der Waals surface area (Å²) < 4.78 is 48.1. The molecule has 0 aromatic heterocycles. The first-order chi connectivity index (χ1) is 38.5. The lowest BCUT2D eigenvalue weighted by atomic mass is 9.99. The van der Waals surface area contributed by atoms with Crippen molar-refractivity contribution in [2.45, 2.75) is 391 Å². The van der Waals surface area contributed by atoms with E-state index in [9.17, 15) is 38.2 Å². The molecule has 12 nitrogen and oxygen atoms in total. The van der Waals surface area contributed by atoms with Crippen molar-refractivity contribution < 1.29 is 51.8 Å². The number of carbonyl (C=O) groups excluding carboxylic acids is 1. The molecule has 7 unspecified atom stereocenters. The van der Waals surface area contributed by atoms with E-state index in [1.807, 2.05) is 0 Å². The summed E-state index contributed by atoms with van der Waals surface area (Å²) in [6.45, 7) is 3.52. The summed E-state index contributed by atoms with van der Waals surface area (Å²) in [4.78, 5) is 13.2. The van der Waals surface area contributed by atoms with Crippen molar-refractivity contribution >= 4 is 16.3 Å². The molecule has 0 spiro atoms. The van der Waals surface area contributed by atoms with Crippen LogP contribution in [0.5, 0.6) is 0 Å². The molecule has 1 amide bonds. The average molecular weight is 1140 g/mol. The van der Waals surface area contributed by atoms with Crippen molar-refractivity contribution in [1.29, 1.82) is 0 Å². The second-order valence-corrected chi connectivity index (χ2v) is 25.2. The Balaban J connectivity index is 2.25. The molecule has 0 aromatic rings. The van der Waals surface area contributed by atoms with E-state index < -0.39 is 59.9 Å². The highest BCUT2D eigenvalue weighted by molar-refractivity contribution is 7.80. The summed E-state index contributed by atoms with van der Waals surface area (Å²) >= 11 is 0. The topological polar surface area (TPSA) is 192 Å². The molecule has 0 bridgehead atoms. The third-order valence-corrected chi connectivity index (χ3v) is 17.0. The Bertz CT molecular complexity index is 1440. The Kier molecular flexibility index (Phi) is 53.8. The van der Waals surface area contributed by atoms with Crippen molar-refractivity contribution in [3.05, 3.63) is 12.2 Å². The molecule has 1 rings (SSSR count). The lowest BCUT2D eigenvalue weighted by Gasteiger charge is -2.41. The summed E-state index contributed by atoms with van der Waals surface area (Å²) in [5.41, 5.74) is 0. The molecule has 1 aliphatic rings. The van der Waals surface area contributed by atoms with Crippen LogP contribution in [0.3, 0.4) is 0 Å². The molecule has 0 saturated carbocycles. The summed E-state index contributed by atoms with van der Waals surface area (Å²) in [5.74, 6) is -0.222. The van der Waals surface area contributed by atoms with Crippen molar-refractivity contribution in [3.63, 3.8) is 0 Å². The van der Waals surface area contributed by atoms with Crippen LogP contribution in [0.1, 0.15) is 348 Å². The van der Waals surface area contributed by atoms with Crippen LogP contribution in [0.2, 0.25) is 0 Å². The minimum Gasteiger partial charge on any atom is -0.394 e. The van der Waals surface area contributed by atoms with Gasteiger partial charge in [-0.3, -0.25) is 9.35 Å². The number of hydrogen-bond acceptors (Lipinski definition) is 10. The SMILES string of the molecule is CCCCCCCCCCCCCC/C=C\CCCCCCCCCCCCCCCC(=O)NC(COC1OC(CO)C(O)C(OS(=O)(=O)O)C1O)C(O)CCCCCCCCCCCCCCCCCCCCCCCCC. The third kappa shape index (κ3) is 47.8.